The van der Waals surface area contributed by atoms with E-state index in [1.54, 1.807) is 6.92 Å². The Morgan fingerprint density at radius 2 is 2.38 bits per heavy atom. The summed E-state index contributed by atoms with van der Waals surface area (Å²) in [5, 5.41) is 0. The summed E-state index contributed by atoms with van der Waals surface area (Å²) in [7, 11) is 0. The molecule has 5 heteroatoms. The molecule has 5 nitrogen and oxygen atoms in total. The molecule has 0 unspecified atom stereocenters. The fourth-order valence-corrected chi connectivity index (χ4v) is 0.915. The van der Waals surface area contributed by atoms with Crippen molar-refractivity contribution >= 4 is 5.91 Å². The van der Waals surface area contributed by atoms with Gasteiger partial charge in [-0.05, 0) is 6.92 Å². The van der Waals surface area contributed by atoms with Crippen LogP contribution >= 0.6 is 0 Å². The average molecular weight is 181 g/mol. The number of nitrogens with zero attached hydrogens (tertiary/aromatic N) is 2. The van der Waals surface area contributed by atoms with Crippen molar-refractivity contribution in [1.29, 1.82) is 0 Å². The summed E-state index contributed by atoms with van der Waals surface area (Å²) in [6.45, 7) is 2.03. The third-order valence-electron chi connectivity index (χ3n) is 1.62. The van der Waals surface area contributed by atoms with Crippen LogP contribution in [0.25, 0.3) is 0 Å². The summed E-state index contributed by atoms with van der Waals surface area (Å²) in [6, 6.07) is 1.42. The maximum atomic E-state index is 11.2. The lowest BCUT2D eigenvalue weighted by Gasteiger charge is -2.02. The minimum Gasteiger partial charge on any atom is -0.370 e. The van der Waals surface area contributed by atoms with Gasteiger partial charge in [0.15, 0.2) is 0 Å². The maximum absolute atomic E-state index is 11.2. The molecule has 1 amide bonds. The van der Waals surface area contributed by atoms with Gasteiger partial charge in [0, 0.05) is 24.7 Å². The number of aryl methyl sites for hydroxylation is 2. The van der Waals surface area contributed by atoms with Crippen molar-refractivity contribution in [3.8, 4) is 0 Å². The van der Waals surface area contributed by atoms with Gasteiger partial charge in [0.05, 0.1) is 6.33 Å². The molecule has 0 saturated heterocycles. The van der Waals surface area contributed by atoms with Gasteiger partial charge in [-0.2, -0.15) is 0 Å². The lowest BCUT2D eigenvalue weighted by Crippen LogP contribution is -2.23. The Kier molecular flexibility index (Phi) is 2.79. The first-order chi connectivity index (χ1) is 6.09. The number of nitrogens with two attached hydrogens (primary N) is 1. The quantitative estimate of drug-likeness (QED) is 0.678. The molecule has 0 spiro atoms. The van der Waals surface area contributed by atoms with Crippen LogP contribution in [0.3, 0.4) is 0 Å². The van der Waals surface area contributed by atoms with Crippen LogP contribution in [0.15, 0.2) is 17.2 Å². The number of rotatable bonds is 3. The van der Waals surface area contributed by atoms with Crippen LogP contribution in [-0.2, 0) is 11.3 Å². The van der Waals surface area contributed by atoms with Crippen molar-refractivity contribution in [2.45, 2.75) is 19.9 Å². The van der Waals surface area contributed by atoms with E-state index in [1.165, 1.54) is 17.0 Å². The van der Waals surface area contributed by atoms with E-state index in [4.69, 9.17) is 5.73 Å². The van der Waals surface area contributed by atoms with Gasteiger partial charge in [0.2, 0.25) is 5.91 Å². The second kappa shape index (κ2) is 3.84. The zero-order valence-electron chi connectivity index (χ0n) is 7.36. The summed E-state index contributed by atoms with van der Waals surface area (Å²) in [4.78, 5) is 25.6. The summed E-state index contributed by atoms with van der Waals surface area (Å²) in [5.41, 5.74) is 5.45. The van der Waals surface area contributed by atoms with E-state index in [0.29, 0.717) is 12.2 Å². The third-order valence-corrected chi connectivity index (χ3v) is 1.62. The van der Waals surface area contributed by atoms with Crippen molar-refractivity contribution in [3.05, 3.63) is 28.4 Å². The average Bonchev–Trinajstić information content (AvgIpc) is 2.02. The lowest BCUT2D eigenvalue weighted by atomic mass is 10.4. The first-order valence-corrected chi connectivity index (χ1v) is 3.91. The second-order valence-corrected chi connectivity index (χ2v) is 2.78. The molecular weight excluding hydrogens is 170 g/mol. The van der Waals surface area contributed by atoms with Crippen molar-refractivity contribution < 1.29 is 4.79 Å². The normalized spacial score (nSPS) is 9.92. The zero-order chi connectivity index (χ0) is 9.84. The number of aromatic nitrogens is 2. The van der Waals surface area contributed by atoms with Gasteiger partial charge in [-0.1, -0.05) is 0 Å². The van der Waals surface area contributed by atoms with E-state index in [-0.39, 0.29) is 12.0 Å². The van der Waals surface area contributed by atoms with E-state index in [2.05, 4.69) is 4.98 Å². The Balaban J connectivity index is 2.78. The van der Waals surface area contributed by atoms with E-state index >= 15 is 0 Å². The summed E-state index contributed by atoms with van der Waals surface area (Å²) >= 11 is 0. The second-order valence-electron chi connectivity index (χ2n) is 2.78. The zero-order valence-corrected chi connectivity index (χ0v) is 7.36. The van der Waals surface area contributed by atoms with Gasteiger partial charge in [-0.25, -0.2) is 4.98 Å². The van der Waals surface area contributed by atoms with Crippen molar-refractivity contribution in [2.24, 2.45) is 5.73 Å². The molecule has 1 heterocycles. The van der Waals surface area contributed by atoms with Crippen LogP contribution in [0, 0.1) is 6.92 Å². The molecule has 0 fully saturated rings. The van der Waals surface area contributed by atoms with Gasteiger partial charge in [-0.3, -0.25) is 14.2 Å². The SMILES string of the molecule is Cc1cc(=O)n(CCC(N)=O)cn1. The molecule has 13 heavy (non-hydrogen) atoms. The molecule has 1 aromatic rings. The van der Waals surface area contributed by atoms with Crippen molar-refractivity contribution in [1.82, 2.24) is 9.55 Å². The first-order valence-electron chi connectivity index (χ1n) is 3.91. The van der Waals surface area contributed by atoms with Crippen LogP contribution in [0.1, 0.15) is 12.1 Å². The molecule has 1 aromatic heterocycles. The molecule has 0 aliphatic heterocycles. The number of primary amides is 1. The topological polar surface area (TPSA) is 78.0 Å². The molecule has 2 N–H and O–H groups in total. The summed E-state index contributed by atoms with van der Waals surface area (Å²) in [5.74, 6) is -0.424. The largest absolute Gasteiger partial charge is 0.370 e. The van der Waals surface area contributed by atoms with Gasteiger partial charge >= 0.3 is 0 Å². The van der Waals surface area contributed by atoms with Gasteiger partial charge in [0.25, 0.3) is 5.56 Å². The Morgan fingerprint density at radius 1 is 1.69 bits per heavy atom. The molecule has 70 valence electrons. The Morgan fingerprint density at radius 3 is 2.92 bits per heavy atom. The maximum Gasteiger partial charge on any atom is 0.253 e. The molecule has 0 saturated carbocycles. The van der Waals surface area contributed by atoms with Crippen LogP contribution in [0.2, 0.25) is 0 Å². The molecular formula is C8H11N3O2. The van der Waals surface area contributed by atoms with Crippen molar-refractivity contribution in [2.75, 3.05) is 0 Å². The van der Waals surface area contributed by atoms with Gasteiger partial charge in [0.1, 0.15) is 0 Å². The molecule has 1 rings (SSSR count). The van der Waals surface area contributed by atoms with E-state index in [1.807, 2.05) is 0 Å². The van der Waals surface area contributed by atoms with E-state index < -0.39 is 5.91 Å². The van der Waals surface area contributed by atoms with Crippen LogP contribution in [-0.4, -0.2) is 15.5 Å². The fourth-order valence-electron chi connectivity index (χ4n) is 0.915. The predicted octanol–water partition coefficient (Wildman–Crippen LogP) is -0.573. The Bertz CT molecular complexity index is 370. The smallest absolute Gasteiger partial charge is 0.253 e. The third kappa shape index (κ3) is 2.70. The standard InChI is InChI=1S/C8H11N3O2/c1-6-4-8(13)11(5-10-6)3-2-7(9)12/h4-5H,2-3H2,1H3,(H2,9,12). The number of carbonyl (C=O) groups is 1. The Hall–Kier alpha value is -1.65. The van der Waals surface area contributed by atoms with E-state index in [0.717, 1.165) is 0 Å². The van der Waals surface area contributed by atoms with E-state index in [9.17, 15) is 9.59 Å². The molecule has 0 aliphatic carbocycles. The first kappa shape index (κ1) is 9.44. The van der Waals surface area contributed by atoms with Gasteiger partial charge in [-0.15, -0.1) is 0 Å². The fraction of sp³-hybridized carbons (Fsp3) is 0.375. The monoisotopic (exact) mass is 181 g/mol. The van der Waals surface area contributed by atoms with Crippen LogP contribution < -0.4 is 11.3 Å². The number of carbonyl (C=O) groups excluding carboxylic acids is 1. The molecule has 0 bridgehead atoms. The van der Waals surface area contributed by atoms with Gasteiger partial charge < -0.3 is 5.73 Å². The number of hydrogen-bond acceptors (Lipinski definition) is 3. The minimum absolute atomic E-state index is 0.157. The summed E-state index contributed by atoms with van der Waals surface area (Å²) in [6.07, 6.45) is 1.57. The van der Waals surface area contributed by atoms with Crippen LogP contribution in [0.4, 0.5) is 0 Å². The summed E-state index contributed by atoms with van der Waals surface area (Å²) < 4.78 is 1.36. The Labute approximate surface area is 75.2 Å². The highest BCUT2D eigenvalue weighted by Gasteiger charge is 1.98. The molecule has 0 radical (unpaired) electrons. The number of amides is 1. The van der Waals surface area contributed by atoms with Crippen molar-refractivity contribution in [3.63, 3.8) is 0 Å². The van der Waals surface area contributed by atoms with Crippen LogP contribution in [0.5, 0.6) is 0 Å². The minimum atomic E-state index is -0.424. The highest BCUT2D eigenvalue weighted by Crippen LogP contribution is 1.87. The molecule has 0 atom stereocenters. The predicted molar refractivity (Wildman–Crippen MR) is 47.0 cm³/mol. The number of hydrogen-bond donors (Lipinski definition) is 1. The highest BCUT2D eigenvalue weighted by molar-refractivity contribution is 5.73. The lowest BCUT2D eigenvalue weighted by molar-refractivity contribution is -0.118. The highest BCUT2D eigenvalue weighted by atomic mass is 16.1. The molecule has 0 aromatic carbocycles. The molecule has 0 aliphatic rings.